The van der Waals surface area contributed by atoms with Crippen molar-refractivity contribution in [2.45, 2.75) is 0 Å². The molecule has 0 aliphatic rings. The molecule has 3 aromatic rings. The Balaban J connectivity index is 0.000000243. The van der Waals surface area contributed by atoms with Crippen LogP contribution in [0.1, 0.15) is 0 Å². The Labute approximate surface area is 144 Å². The quantitative estimate of drug-likeness (QED) is 0.320. The summed E-state index contributed by atoms with van der Waals surface area (Å²) in [6, 6.07) is 24.6. The summed E-state index contributed by atoms with van der Waals surface area (Å²) in [5.41, 5.74) is 2.48. The molecule has 0 atom stereocenters. The van der Waals surface area contributed by atoms with Gasteiger partial charge >= 0.3 is 17.1 Å². The number of rotatable bonds is 2. The van der Waals surface area contributed by atoms with Crippen LogP contribution in [0.25, 0.3) is 11.1 Å². The second kappa shape index (κ2) is 9.01. The number of ether oxygens (including phenoxy) is 1. The fourth-order valence-electron chi connectivity index (χ4n) is 1.70. The zero-order chi connectivity index (χ0) is 13.5. The van der Waals surface area contributed by atoms with E-state index in [2.05, 4.69) is 59.0 Å². The Kier molecular flexibility index (Phi) is 7.67. The zero-order valence-electron chi connectivity index (χ0n) is 11.1. The van der Waals surface area contributed by atoms with Gasteiger partial charge in [0.2, 0.25) is 0 Å². The molecule has 0 saturated carbocycles. The summed E-state index contributed by atoms with van der Waals surface area (Å²) in [5, 5.41) is 0. The molecule has 0 aromatic heterocycles. The van der Waals surface area contributed by atoms with E-state index >= 15 is 0 Å². The summed E-state index contributed by atoms with van der Waals surface area (Å²) in [6.45, 7) is 0. The van der Waals surface area contributed by atoms with Gasteiger partial charge in [0.15, 0.2) is 0 Å². The molecule has 0 saturated heterocycles. The maximum absolute atomic E-state index is 5.09. The third-order valence-corrected chi connectivity index (χ3v) is 3.43. The van der Waals surface area contributed by atoms with E-state index in [1.807, 2.05) is 36.4 Å². The van der Waals surface area contributed by atoms with Crippen LogP contribution >= 0.6 is 22.6 Å². The van der Waals surface area contributed by atoms with Crippen LogP contribution in [0.3, 0.4) is 0 Å². The van der Waals surface area contributed by atoms with Crippen molar-refractivity contribution < 1.29 is 21.8 Å². The van der Waals surface area contributed by atoms with Gasteiger partial charge in [-0.2, -0.15) is 24.3 Å². The zero-order valence-corrected chi connectivity index (χ0v) is 14.3. The van der Waals surface area contributed by atoms with Gasteiger partial charge in [0, 0.05) is 0 Å². The van der Waals surface area contributed by atoms with Gasteiger partial charge in [0.05, 0.1) is 7.11 Å². The summed E-state index contributed by atoms with van der Waals surface area (Å²) >= 11 is 2.28. The number of methoxy groups -OCH3 is 1. The van der Waals surface area contributed by atoms with Gasteiger partial charge in [0.1, 0.15) is 5.75 Å². The molecule has 0 heterocycles. The molecule has 3 heteroatoms. The summed E-state index contributed by atoms with van der Waals surface area (Å²) < 4.78 is 6.40. The van der Waals surface area contributed by atoms with Crippen LogP contribution in [-0.4, -0.2) is 7.11 Å². The minimum Gasteiger partial charge on any atom is -0.498 e. The van der Waals surface area contributed by atoms with Crippen LogP contribution in [0, 0.1) is 3.57 Å². The van der Waals surface area contributed by atoms with Crippen LogP contribution in [0.15, 0.2) is 72.8 Å². The van der Waals surface area contributed by atoms with Gasteiger partial charge in [-0.25, -0.2) is 12.1 Å². The Morgan fingerprint density at radius 2 is 1.65 bits per heavy atom. The fourth-order valence-corrected chi connectivity index (χ4v) is 2.12. The normalized spacial score (nSPS) is 9.10. The van der Waals surface area contributed by atoms with E-state index in [1.165, 1.54) is 14.7 Å². The van der Waals surface area contributed by atoms with Crippen molar-refractivity contribution >= 4 is 22.6 Å². The molecular weight excluding hydrogens is 403 g/mol. The van der Waals surface area contributed by atoms with E-state index in [9.17, 15) is 0 Å². The fraction of sp³-hybridized carbons (Fsp3) is 0.0588. The molecule has 104 valence electrons. The van der Waals surface area contributed by atoms with Crippen molar-refractivity contribution in [1.29, 1.82) is 0 Å². The second-order valence-electron chi connectivity index (χ2n) is 4.01. The SMILES string of the molecule is COc1ccc(-[c-]2cccc2)cc1.Ic1ccc[cH-]1.[Fe+2]. The van der Waals surface area contributed by atoms with Crippen molar-refractivity contribution in [3.8, 4) is 16.9 Å². The van der Waals surface area contributed by atoms with Crippen LogP contribution in [0.2, 0.25) is 0 Å². The number of hydrogen-bond donors (Lipinski definition) is 0. The predicted molar refractivity (Wildman–Crippen MR) is 88.8 cm³/mol. The third kappa shape index (κ3) is 5.16. The molecule has 0 N–H and O–H groups in total. The van der Waals surface area contributed by atoms with Crippen molar-refractivity contribution in [2.75, 3.05) is 7.11 Å². The first-order chi connectivity index (χ1) is 9.29. The minimum atomic E-state index is 0. The Bertz CT molecular complexity index is 568. The average molecular weight is 418 g/mol. The van der Waals surface area contributed by atoms with Gasteiger partial charge < -0.3 is 4.74 Å². The van der Waals surface area contributed by atoms with Crippen LogP contribution in [-0.2, 0) is 17.1 Å². The molecule has 1 nitrogen and oxygen atoms in total. The smallest absolute Gasteiger partial charge is 0.498 e. The Morgan fingerprint density at radius 3 is 2.05 bits per heavy atom. The van der Waals surface area contributed by atoms with Gasteiger partial charge in [-0.3, -0.25) is 0 Å². The average Bonchev–Trinajstić information content (AvgIpc) is 3.12. The molecular formula is C17H15FeIO. The molecule has 3 aromatic carbocycles. The minimum absolute atomic E-state index is 0. The second-order valence-corrected chi connectivity index (χ2v) is 5.25. The molecule has 0 bridgehead atoms. The van der Waals surface area contributed by atoms with Gasteiger partial charge in [0.25, 0.3) is 0 Å². The molecule has 0 aliphatic heterocycles. The maximum Gasteiger partial charge on any atom is 2.00 e. The standard InChI is InChI=1S/C12H11O.C5H4I.Fe/c1-13-12-8-6-11(7-9-12)10-4-2-3-5-10;6-5-3-1-2-4-5;/h2-9H,1H3;1-4H;/q2*-1;+2. The van der Waals surface area contributed by atoms with Gasteiger partial charge in [-0.05, 0) is 0 Å². The van der Waals surface area contributed by atoms with E-state index < -0.39 is 0 Å². The van der Waals surface area contributed by atoms with E-state index in [0.717, 1.165) is 5.75 Å². The summed E-state index contributed by atoms with van der Waals surface area (Å²) in [4.78, 5) is 0. The monoisotopic (exact) mass is 418 g/mol. The molecule has 0 radical (unpaired) electrons. The summed E-state index contributed by atoms with van der Waals surface area (Å²) in [7, 11) is 1.68. The Morgan fingerprint density at radius 1 is 1.00 bits per heavy atom. The number of hydrogen-bond acceptors (Lipinski definition) is 1. The van der Waals surface area contributed by atoms with Crippen LogP contribution in [0.5, 0.6) is 5.75 Å². The van der Waals surface area contributed by atoms with E-state index in [1.54, 1.807) is 7.11 Å². The first-order valence-corrected chi connectivity index (χ1v) is 7.11. The molecule has 0 aliphatic carbocycles. The van der Waals surface area contributed by atoms with E-state index in [0.29, 0.717) is 0 Å². The van der Waals surface area contributed by atoms with E-state index in [-0.39, 0.29) is 17.1 Å². The third-order valence-electron chi connectivity index (χ3n) is 2.71. The number of halogens is 1. The van der Waals surface area contributed by atoms with Crippen molar-refractivity contribution in [1.82, 2.24) is 0 Å². The molecule has 0 fully saturated rings. The molecule has 20 heavy (non-hydrogen) atoms. The molecule has 0 spiro atoms. The van der Waals surface area contributed by atoms with Crippen molar-refractivity contribution in [3.05, 3.63) is 76.4 Å². The van der Waals surface area contributed by atoms with Gasteiger partial charge in [-0.15, -0.1) is 33.4 Å². The van der Waals surface area contributed by atoms with Crippen LogP contribution < -0.4 is 4.74 Å². The molecule has 0 unspecified atom stereocenters. The van der Waals surface area contributed by atoms with Crippen molar-refractivity contribution in [3.63, 3.8) is 0 Å². The topological polar surface area (TPSA) is 9.23 Å². The summed E-state index contributed by atoms with van der Waals surface area (Å²) in [6.07, 6.45) is 0. The van der Waals surface area contributed by atoms with E-state index in [4.69, 9.17) is 4.74 Å². The molecule has 3 rings (SSSR count). The van der Waals surface area contributed by atoms with Gasteiger partial charge in [-0.1, -0.05) is 40.3 Å². The largest absolute Gasteiger partial charge is 2.00 e. The molecule has 0 amide bonds. The first kappa shape index (κ1) is 17.0. The first-order valence-electron chi connectivity index (χ1n) is 6.03. The Hall–Kier alpha value is -1.03. The summed E-state index contributed by atoms with van der Waals surface area (Å²) in [5.74, 6) is 0.898. The number of benzene rings is 1. The maximum atomic E-state index is 5.09. The predicted octanol–water partition coefficient (Wildman–Crippen LogP) is 5.09. The van der Waals surface area contributed by atoms with Crippen molar-refractivity contribution in [2.24, 2.45) is 0 Å². The van der Waals surface area contributed by atoms with Crippen LogP contribution in [0.4, 0.5) is 0 Å².